The average molecular weight is 375 g/mol. The van der Waals surface area contributed by atoms with E-state index in [1.54, 1.807) is 0 Å². The molecule has 0 spiro atoms. The van der Waals surface area contributed by atoms with Gasteiger partial charge in [-0.1, -0.05) is 84.5 Å². The summed E-state index contributed by atoms with van der Waals surface area (Å²) in [6, 6.07) is 0. The lowest BCUT2D eigenvalue weighted by molar-refractivity contribution is 0.0503. The van der Waals surface area contributed by atoms with Crippen LogP contribution in [-0.2, 0) is 9.09 Å². The van der Waals surface area contributed by atoms with Crippen LogP contribution in [-0.4, -0.2) is 15.7 Å². The van der Waals surface area contributed by atoms with Crippen molar-refractivity contribution in [1.29, 1.82) is 0 Å². The lowest BCUT2D eigenvalue weighted by Gasteiger charge is -2.39. The Labute approximate surface area is 156 Å². The third kappa shape index (κ3) is 7.73. The highest BCUT2D eigenvalue weighted by molar-refractivity contribution is 7.54. The molecule has 3 unspecified atom stereocenters. The van der Waals surface area contributed by atoms with Crippen LogP contribution in [0, 0.1) is 0 Å². The number of rotatable bonds is 2. The normalized spacial score (nSPS) is 38.1. The summed E-state index contributed by atoms with van der Waals surface area (Å²) in [5.41, 5.74) is -0.478. The second kappa shape index (κ2) is 11.1. The van der Waals surface area contributed by atoms with Gasteiger partial charge in [0, 0.05) is 0 Å². The molecule has 0 aromatic carbocycles. The maximum Gasteiger partial charge on any atom is 0.334 e. The lowest BCUT2D eigenvalue weighted by Crippen LogP contribution is -2.33. The second-order valence-corrected chi connectivity index (χ2v) is 11.0. The Morgan fingerprint density at radius 2 is 1.16 bits per heavy atom. The minimum atomic E-state index is -3.65. The second-order valence-electron chi connectivity index (χ2n) is 8.65. The molecule has 0 aliphatic carbocycles. The van der Waals surface area contributed by atoms with Crippen molar-refractivity contribution >= 4 is 7.60 Å². The summed E-state index contributed by atoms with van der Waals surface area (Å²) < 4.78 is 19.2. The van der Waals surface area contributed by atoms with Crippen molar-refractivity contribution in [3.63, 3.8) is 0 Å². The number of hydrogen-bond acceptors (Lipinski definition) is 2. The molecule has 3 atom stereocenters. The third-order valence-electron chi connectivity index (χ3n) is 6.46. The first kappa shape index (κ1) is 23.2. The van der Waals surface area contributed by atoms with Gasteiger partial charge < -0.3 is 9.42 Å². The third-order valence-corrected chi connectivity index (χ3v) is 9.05. The summed E-state index contributed by atoms with van der Waals surface area (Å²) in [4.78, 5) is 10.8. The van der Waals surface area contributed by atoms with Crippen LogP contribution in [0.5, 0.6) is 0 Å². The van der Waals surface area contributed by atoms with Crippen LogP contribution in [0.25, 0.3) is 0 Å². The van der Waals surface area contributed by atoms with Gasteiger partial charge >= 0.3 is 7.60 Å². The minimum absolute atomic E-state index is 0.478. The fraction of sp³-hybridized carbons (Fsp3) is 1.00. The molecule has 1 aliphatic rings. The van der Waals surface area contributed by atoms with Crippen LogP contribution in [0.1, 0.15) is 124 Å². The van der Waals surface area contributed by atoms with Gasteiger partial charge in [0.15, 0.2) is 0 Å². The van der Waals surface area contributed by atoms with E-state index in [-0.39, 0.29) is 0 Å². The molecule has 3 nitrogen and oxygen atoms in total. The van der Waals surface area contributed by atoms with Crippen molar-refractivity contribution in [3.05, 3.63) is 0 Å². The molecule has 1 fully saturated rings. The molecule has 0 bridgehead atoms. The summed E-state index contributed by atoms with van der Waals surface area (Å²) >= 11 is 0. The van der Waals surface area contributed by atoms with E-state index >= 15 is 0 Å². The Kier molecular flexibility index (Phi) is 10.3. The molecular formula is C21H43O3P. The predicted molar refractivity (Wildman–Crippen MR) is 108 cm³/mol. The summed E-state index contributed by atoms with van der Waals surface area (Å²) in [6.07, 6.45) is 16.9. The molecule has 0 aromatic heterocycles. The van der Waals surface area contributed by atoms with Crippen LogP contribution < -0.4 is 0 Å². The quantitative estimate of drug-likeness (QED) is 0.506. The highest BCUT2D eigenvalue weighted by atomic mass is 31.2. The Hall–Kier alpha value is 0.150. The van der Waals surface area contributed by atoms with Gasteiger partial charge in [0.05, 0.1) is 10.8 Å². The Morgan fingerprint density at radius 1 is 0.760 bits per heavy atom. The summed E-state index contributed by atoms with van der Waals surface area (Å²) in [7, 11) is -3.65. The number of hydrogen-bond donors (Lipinski definition) is 1. The molecule has 1 aliphatic heterocycles. The summed E-state index contributed by atoms with van der Waals surface area (Å²) in [5.74, 6) is 0. The zero-order chi connectivity index (χ0) is 18.8. The predicted octanol–water partition coefficient (Wildman–Crippen LogP) is 7.61. The fourth-order valence-electron chi connectivity index (χ4n) is 3.81. The SMILES string of the molecule is CCC1(C)CCCCCCCCCCCCCC(C)(CC)P(=O)(O)O1. The van der Waals surface area contributed by atoms with Gasteiger partial charge in [0.25, 0.3) is 0 Å². The van der Waals surface area contributed by atoms with Crippen LogP contribution in [0.2, 0.25) is 0 Å². The Bertz CT molecular complexity index is 412. The lowest BCUT2D eigenvalue weighted by atomic mass is 9.95. The molecule has 25 heavy (non-hydrogen) atoms. The van der Waals surface area contributed by atoms with Gasteiger partial charge in [-0.05, 0) is 39.5 Å². The van der Waals surface area contributed by atoms with Crippen molar-refractivity contribution in [1.82, 2.24) is 0 Å². The van der Waals surface area contributed by atoms with Crippen molar-refractivity contribution < 1.29 is 14.0 Å². The molecule has 0 aromatic rings. The molecule has 0 amide bonds. The zero-order valence-electron chi connectivity index (χ0n) is 17.3. The minimum Gasteiger partial charge on any atom is -0.324 e. The molecular weight excluding hydrogens is 331 g/mol. The first-order valence-electron chi connectivity index (χ1n) is 10.8. The van der Waals surface area contributed by atoms with Crippen LogP contribution in [0.3, 0.4) is 0 Å². The molecule has 4 heteroatoms. The zero-order valence-corrected chi connectivity index (χ0v) is 18.2. The van der Waals surface area contributed by atoms with Gasteiger partial charge in [0.1, 0.15) is 0 Å². The van der Waals surface area contributed by atoms with Crippen molar-refractivity contribution in [2.45, 2.75) is 135 Å². The smallest absolute Gasteiger partial charge is 0.324 e. The van der Waals surface area contributed by atoms with Gasteiger partial charge in [-0.2, -0.15) is 0 Å². The summed E-state index contributed by atoms with van der Waals surface area (Å²) in [6.45, 7) is 8.09. The highest BCUT2D eigenvalue weighted by Gasteiger charge is 2.46. The van der Waals surface area contributed by atoms with E-state index in [9.17, 15) is 9.46 Å². The average Bonchev–Trinajstić information content (AvgIpc) is 2.57. The highest BCUT2D eigenvalue weighted by Crippen LogP contribution is 2.62. The summed E-state index contributed by atoms with van der Waals surface area (Å²) in [5, 5.41) is -0.614. The molecule has 1 heterocycles. The molecule has 1 N–H and O–H groups in total. The Balaban J connectivity index is 2.82. The van der Waals surface area contributed by atoms with Gasteiger partial charge in [-0.15, -0.1) is 0 Å². The molecule has 150 valence electrons. The van der Waals surface area contributed by atoms with Crippen molar-refractivity contribution in [3.8, 4) is 0 Å². The molecule has 0 saturated carbocycles. The molecule has 0 radical (unpaired) electrons. The van der Waals surface area contributed by atoms with E-state index in [2.05, 4.69) is 6.92 Å². The standard InChI is InChI=1S/C21H43O3P/c1-5-20(3)18-16-14-12-10-8-7-9-11-13-15-17-19-21(4,6-2)25(22,23)24-20/h5-19H2,1-4H3,(H,22,23). The van der Waals surface area contributed by atoms with E-state index in [0.29, 0.717) is 6.42 Å². The van der Waals surface area contributed by atoms with Gasteiger partial charge in [-0.25, -0.2) is 0 Å². The van der Waals surface area contributed by atoms with Crippen LogP contribution in [0.15, 0.2) is 0 Å². The largest absolute Gasteiger partial charge is 0.334 e. The molecule has 1 rings (SSSR count). The maximum atomic E-state index is 13.2. The maximum absolute atomic E-state index is 13.2. The van der Waals surface area contributed by atoms with E-state index in [1.165, 1.54) is 57.8 Å². The van der Waals surface area contributed by atoms with Crippen LogP contribution in [0.4, 0.5) is 0 Å². The van der Waals surface area contributed by atoms with Crippen molar-refractivity contribution in [2.75, 3.05) is 0 Å². The fourth-order valence-corrected chi connectivity index (χ4v) is 5.69. The van der Waals surface area contributed by atoms with E-state index < -0.39 is 18.4 Å². The monoisotopic (exact) mass is 374 g/mol. The first-order valence-corrected chi connectivity index (χ1v) is 12.4. The molecule has 1 saturated heterocycles. The van der Waals surface area contributed by atoms with Crippen molar-refractivity contribution in [2.24, 2.45) is 0 Å². The Morgan fingerprint density at radius 3 is 1.56 bits per heavy atom. The van der Waals surface area contributed by atoms with Gasteiger partial charge in [-0.3, -0.25) is 4.57 Å². The first-order chi connectivity index (χ1) is 11.8. The van der Waals surface area contributed by atoms with E-state index in [4.69, 9.17) is 4.52 Å². The topological polar surface area (TPSA) is 46.5 Å². The van der Waals surface area contributed by atoms with E-state index in [0.717, 1.165) is 32.1 Å². The van der Waals surface area contributed by atoms with E-state index in [1.807, 2.05) is 20.8 Å². The van der Waals surface area contributed by atoms with Gasteiger partial charge in [0.2, 0.25) is 0 Å². The van der Waals surface area contributed by atoms with Crippen LogP contribution >= 0.6 is 7.60 Å².